The van der Waals surface area contributed by atoms with Crippen LogP contribution in [0.3, 0.4) is 0 Å². The molecule has 40 heavy (non-hydrogen) atoms. The fourth-order valence-electron chi connectivity index (χ4n) is 4.26. The molecule has 0 bridgehead atoms. The summed E-state index contributed by atoms with van der Waals surface area (Å²) < 4.78 is 12.2. The van der Waals surface area contributed by atoms with E-state index >= 15 is 0 Å². The van der Waals surface area contributed by atoms with Gasteiger partial charge in [-0.05, 0) is 22.9 Å². The maximum atomic E-state index is 12.9. The molecular weight excluding hydrogens is 506 g/mol. The number of ether oxygens (including phenoxy) is 2. The summed E-state index contributed by atoms with van der Waals surface area (Å²) in [7, 11) is 0. The van der Waals surface area contributed by atoms with Crippen molar-refractivity contribution >= 4 is 21.5 Å². The summed E-state index contributed by atoms with van der Waals surface area (Å²) >= 11 is 0. The highest BCUT2D eigenvalue weighted by Gasteiger charge is 2.29. The first-order valence-electron chi connectivity index (χ1n) is 13.9. The maximum absolute atomic E-state index is 12.9. The van der Waals surface area contributed by atoms with Gasteiger partial charge in [0.25, 0.3) is 0 Å². The molecule has 2 N–H and O–H groups in total. The van der Waals surface area contributed by atoms with Crippen molar-refractivity contribution in [3.05, 3.63) is 89.8 Å². The molecule has 0 aliphatic heterocycles. The zero-order valence-electron chi connectivity index (χ0n) is 23.7. The van der Waals surface area contributed by atoms with Gasteiger partial charge in [0.05, 0.1) is 0 Å². The SMILES string of the molecule is CC(C)NCC(COc1cccc2ccccc12)O[N+](=O)OC(CNC(C)C)COc1cccc2ccccc12. The highest BCUT2D eigenvalue weighted by atomic mass is 17.0. The van der Waals surface area contributed by atoms with Gasteiger partial charge in [0, 0.05) is 35.9 Å². The van der Waals surface area contributed by atoms with Gasteiger partial charge in [-0.3, -0.25) is 0 Å². The van der Waals surface area contributed by atoms with E-state index in [1.165, 1.54) is 0 Å². The minimum atomic E-state index is -0.587. The molecule has 0 fully saturated rings. The lowest BCUT2D eigenvalue weighted by molar-refractivity contribution is -0.992. The smallest absolute Gasteiger partial charge is 0.478 e. The Morgan fingerprint density at radius 3 is 1.43 bits per heavy atom. The Morgan fingerprint density at radius 1 is 0.600 bits per heavy atom. The standard InChI is InChI=1S/C32H40N3O5/c1-23(2)33-19-27(21-37-31-17-9-13-25-11-5-7-15-29(25)31)39-35(36)40-28(20-34-24(3)4)22-38-32-18-10-14-26-12-6-8-16-30(26)32/h5-18,23-24,27-28,33-34H,19-22H2,1-4H3/q+1. The molecule has 2 atom stereocenters. The predicted octanol–water partition coefficient (Wildman–Crippen LogP) is 5.83. The average Bonchev–Trinajstić information content (AvgIpc) is 2.95. The second kappa shape index (κ2) is 14.5. The summed E-state index contributed by atoms with van der Waals surface area (Å²) in [5, 5.41) is 11.0. The average molecular weight is 547 g/mol. The summed E-state index contributed by atoms with van der Waals surface area (Å²) in [4.78, 5) is 24.3. The zero-order chi connectivity index (χ0) is 28.3. The summed E-state index contributed by atoms with van der Waals surface area (Å²) in [6.07, 6.45) is -1.17. The van der Waals surface area contributed by atoms with Crippen LogP contribution in [0.15, 0.2) is 84.9 Å². The van der Waals surface area contributed by atoms with Gasteiger partial charge < -0.3 is 20.1 Å². The van der Waals surface area contributed by atoms with Crippen LogP contribution in [0, 0.1) is 4.91 Å². The quantitative estimate of drug-likeness (QED) is 0.171. The molecule has 4 rings (SSSR count). The van der Waals surface area contributed by atoms with E-state index in [0.717, 1.165) is 33.0 Å². The fraction of sp³-hybridized carbons (Fsp3) is 0.375. The molecule has 0 aliphatic carbocycles. The Bertz CT molecular complexity index is 1260. The Kier molecular flexibility index (Phi) is 10.5. The third-order valence-electron chi connectivity index (χ3n) is 6.33. The van der Waals surface area contributed by atoms with Crippen molar-refractivity contribution in [2.45, 2.75) is 52.0 Å². The lowest BCUT2D eigenvalue weighted by Gasteiger charge is -2.18. The monoisotopic (exact) mass is 546 g/mol. The normalized spacial score (nSPS) is 12.9. The van der Waals surface area contributed by atoms with Gasteiger partial charge in [-0.25, -0.2) is 0 Å². The second-order valence-electron chi connectivity index (χ2n) is 10.4. The Morgan fingerprint density at radius 2 is 1.00 bits per heavy atom. The number of benzene rings is 4. The van der Waals surface area contributed by atoms with E-state index in [-0.39, 0.29) is 30.4 Å². The van der Waals surface area contributed by atoms with E-state index in [2.05, 4.69) is 10.6 Å². The molecule has 212 valence electrons. The molecule has 0 saturated heterocycles. The summed E-state index contributed by atoms with van der Waals surface area (Å²) in [5.41, 5.74) is 0. The van der Waals surface area contributed by atoms with Crippen LogP contribution < -0.4 is 20.1 Å². The molecule has 0 amide bonds. The van der Waals surface area contributed by atoms with Gasteiger partial charge in [0.1, 0.15) is 29.6 Å². The minimum absolute atomic E-state index is 0.164. The van der Waals surface area contributed by atoms with Crippen LogP contribution in [0.5, 0.6) is 11.5 Å². The van der Waals surface area contributed by atoms with Gasteiger partial charge in [-0.2, -0.15) is 9.68 Å². The van der Waals surface area contributed by atoms with Crippen LogP contribution >= 0.6 is 0 Å². The minimum Gasteiger partial charge on any atom is -0.489 e. The molecular formula is C32H40N3O5+. The topological polar surface area (TPSA) is 81.1 Å². The van der Waals surface area contributed by atoms with Gasteiger partial charge in [-0.15, -0.1) is 0 Å². The molecule has 0 heterocycles. The number of fused-ring (bicyclic) bond motifs is 2. The summed E-state index contributed by atoms with van der Waals surface area (Å²) in [5.74, 6) is 1.47. The Hall–Kier alpha value is -3.88. The van der Waals surface area contributed by atoms with Gasteiger partial charge in [0.15, 0.2) is 0 Å². The third kappa shape index (κ3) is 8.56. The van der Waals surface area contributed by atoms with Gasteiger partial charge in [0.2, 0.25) is 12.2 Å². The molecule has 0 aliphatic rings. The molecule has 4 aromatic rings. The van der Waals surface area contributed by atoms with Crippen molar-refractivity contribution in [2.24, 2.45) is 0 Å². The molecule has 0 saturated carbocycles. The molecule has 8 nitrogen and oxygen atoms in total. The molecule has 2 unspecified atom stereocenters. The Balaban J connectivity index is 1.40. The zero-order valence-corrected chi connectivity index (χ0v) is 23.7. The lowest BCUT2D eigenvalue weighted by Crippen LogP contribution is -2.42. The molecule has 0 spiro atoms. The number of hydrogen-bond acceptors (Lipinski definition) is 7. The number of nitrogens with zero attached hydrogens (tertiary/aromatic N) is 1. The number of rotatable bonds is 16. The van der Waals surface area contributed by atoms with Crippen molar-refractivity contribution in [2.75, 3.05) is 26.3 Å². The van der Waals surface area contributed by atoms with Gasteiger partial charge in [-0.1, -0.05) is 100 Å². The van der Waals surface area contributed by atoms with E-state index < -0.39 is 12.2 Å². The van der Waals surface area contributed by atoms with E-state index in [9.17, 15) is 4.91 Å². The van der Waals surface area contributed by atoms with E-state index in [1.54, 1.807) is 0 Å². The van der Waals surface area contributed by atoms with Crippen molar-refractivity contribution in [3.63, 3.8) is 0 Å². The largest absolute Gasteiger partial charge is 0.489 e. The van der Waals surface area contributed by atoms with Crippen LogP contribution in [0.2, 0.25) is 0 Å². The van der Waals surface area contributed by atoms with Gasteiger partial charge >= 0.3 is 5.09 Å². The third-order valence-corrected chi connectivity index (χ3v) is 6.33. The van der Waals surface area contributed by atoms with Crippen LogP contribution in [0.4, 0.5) is 0 Å². The van der Waals surface area contributed by atoms with Crippen LogP contribution in [0.1, 0.15) is 27.7 Å². The van der Waals surface area contributed by atoms with Crippen molar-refractivity contribution in [1.29, 1.82) is 0 Å². The number of hydrogen-bond donors (Lipinski definition) is 2. The first kappa shape index (κ1) is 29.1. The first-order valence-corrected chi connectivity index (χ1v) is 13.9. The molecule has 0 radical (unpaired) electrons. The van der Waals surface area contributed by atoms with E-state index in [4.69, 9.17) is 19.1 Å². The van der Waals surface area contributed by atoms with Crippen LogP contribution in [-0.4, -0.2) is 55.7 Å². The maximum Gasteiger partial charge on any atom is 0.478 e. The number of nitrogens with one attached hydrogen (secondary N) is 2. The Labute approximate surface area is 236 Å². The lowest BCUT2D eigenvalue weighted by atomic mass is 10.1. The first-order chi connectivity index (χ1) is 19.4. The molecule has 8 heteroatoms. The highest BCUT2D eigenvalue weighted by molar-refractivity contribution is 5.88. The van der Waals surface area contributed by atoms with Crippen LogP contribution in [-0.2, 0) is 9.68 Å². The molecule has 0 aromatic heterocycles. The van der Waals surface area contributed by atoms with Crippen LogP contribution in [0.25, 0.3) is 21.5 Å². The second-order valence-corrected chi connectivity index (χ2v) is 10.4. The van der Waals surface area contributed by atoms with E-state index in [0.29, 0.717) is 13.1 Å². The molecule has 4 aromatic carbocycles. The predicted molar refractivity (Wildman–Crippen MR) is 159 cm³/mol. The van der Waals surface area contributed by atoms with Crippen molar-refractivity contribution in [1.82, 2.24) is 10.6 Å². The van der Waals surface area contributed by atoms with E-state index in [1.807, 2.05) is 113 Å². The van der Waals surface area contributed by atoms with Crippen molar-refractivity contribution in [3.8, 4) is 11.5 Å². The fourth-order valence-corrected chi connectivity index (χ4v) is 4.26. The van der Waals surface area contributed by atoms with Crippen molar-refractivity contribution < 1.29 is 24.2 Å². The highest BCUT2D eigenvalue weighted by Crippen LogP contribution is 2.26. The summed E-state index contributed by atoms with van der Waals surface area (Å²) in [6, 6.07) is 28.3. The summed E-state index contributed by atoms with van der Waals surface area (Å²) in [6.45, 7) is 9.28.